The van der Waals surface area contributed by atoms with Gasteiger partial charge >= 0.3 is 0 Å². The summed E-state index contributed by atoms with van der Waals surface area (Å²) in [4.78, 5) is 29.0. The quantitative estimate of drug-likeness (QED) is 0.773. The van der Waals surface area contributed by atoms with Gasteiger partial charge in [0.15, 0.2) is 0 Å². The summed E-state index contributed by atoms with van der Waals surface area (Å²) in [5.41, 5.74) is 0.959. The molecule has 0 N–H and O–H groups in total. The molecule has 25 heavy (non-hydrogen) atoms. The van der Waals surface area contributed by atoms with Crippen LogP contribution in [0.4, 0.5) is 10.1 Å². The summed E-state index contributed by atoms with van der Waals surface area (Å²) in [6.07, 6.45) is 3.55. The van der Waals surface area contributed by atoms with Crippen LogP contribution in [0.25, 0.3) is 0 Å². The highest BCUT2D eigenvalue weighted by atomic mass is 19.1. The Hall–Kier alpha value is -1.75. The fourth-order valence-corrected chi connectivity index (χ4v) is 5.60. The molecule has 0 spiro atoms. The molecule has 134 valence electrons. The molecule has 1 aliphatic carbocycles. The number of likely N-dealkylation sites (tertiary alicyclic amines) is 1. The van der Waals surface area contributed by atoms with Crippen molar-refractivity contribution in [2.24, 2.45) is 10.8 Å². The van der Waals surface area contributed by atoms with Crippen LogP contribution < -0.4 is 4.90 Å². The third kappa shape index (κ3) is 2.78. The van der Waals surface area contributed by atoms with Crippen molar-refractivity contribution in [3.05, 3.63) is 30.1 Å². The number of amides is 2. The lowest BCUT2D eigenvalue weighted by Gasteiger charge is -2.40. The number of fused-ring (bicyclic) bond motifs is 2. The van der Waals surface area contributed by atoms with Crippen molar-refractivity contribution in [2.75, 3.05) is 11.4 Å². The van der Waals surface area contributed by atoms with E-state index in [0.717, 1.165) is 25.8 Å². The molecule has 1 aromatic rings. The smallest absolute Gasteiger partial charge is 0.251 e. The lowest BCUT2D eigenvalue weighted by atomic mass is 9.65. The lowest BCUT2D eigenvalue weighted by Crippen LogP contribution is -2.45. The Morgan fingerprint density at radius 1 is 1.08 bits per heavy atom. The van der Waals surface area contributed by atoms with E-state index in [-0.39, 0.29) is 40.9 Å². The van der Waals surface area contributed by atoms with Crippen LogP contribution >= 0.6 is 0 Å². The lowest BCUT2D eigenvalue weighted by molar-refractivity contribution is -0.123. The molecule has 3 atom stereocenters. The van der Waals surface area contributed by atoms with Crippen molar-refractivity contribution < 1.29 is 14.0 Å². The summed E-state index contributed by atoms with van der Waals surface area (Å²) in [7, 11) is 0. The summed E-state index contributed by atoms with van der Waals surface area (Å²) in [6, 6.07) is 5.56. The van der Waals surface area contributed by atoms with Gasteiger partial charge in [-0.15, -0.1) is 0 Å². The van der Waals surface area contributed by atoms with Gasteiger partial charge in [-0.05, 0) is 54.4 Å². The van der Waals surface area contributed by atoms with Gasteiger partial charge in [0.05, 0.1) is 18.2 Å². The summed E-state index contributed by atoms with van der Waals surface area (Å²) in [5.74, 6) is -0.721. The Labute approximate surface area is 148 Å². The van der Waals surface area contributed by atoms with Gasteiger partial charge in [-0.1, -0.05) is 20.8 Å². The third-order valence-corrected chi connectivity index (χ3v) is 6.06. The van der Waals surface area contributed by atoms with E-state index in [9.17, 15) is 14.0 Å². The third-order valence-electron chi connectivity index (χ3n) is 6.06. The number of carbonyl (C=O) groups excluding carboxylic acids is 2. The van der Waals surface area contributed by atoms with E-state index in [1.165, 1.54) is 29.2 Å². The maximum Gasteiger partial charge on any atom is 0.251 e. The minimum Gasteiger partial charge on any atom is -0.288 e. The Morgan fingerprint density at radius 3 is 2.44 bits per heavy atom. The summed E-state index contributed by atoms with van der Waals surface area (Å²) in [6.45, 7) is 7.78. The number of imide groups is 1. The SMILES string of the molecule is CC1(C)C[C@@H]2C[C@@](C)(CN2C2CC(=O)N(c3ccc(F)cc3)C2=O)C1. The minimum atomic E-state index is -0.377. The number of carbonyl (C=O) groups is 2. The average molecular weight is 344 g/mol. The van der Waals surface area contributed by atoms with E-state index in [4.69, 9.17) is 0 Å². The van der Waals surface area contributed by atoms with Gasteiger partial charge in [0.1, 0.15) is 5.82 Å². The van der Waals surface area contributed by atoms with Crippen LogP contribution in [0.3, 0.4) is 0 Å². The zero-order valence-electron chi connectivity index (χ0n) is 15.1. The maximum absolute atomic E-state index is 13.2. The fraction of sp³-hybridized carbons (Fsp3) is 0.600. The number of hydrogen-bond acceptors (Lipinski definition) is 3. The molecule has 1 unspecified atom stereocenters. The topological polar surface area (TPSA) is 40.6 Å². The van der Waals surface area contributed by atoms with Crippen molar-refractivity contribution in [1.29, 1.82) is 0 Å². The van der Waals surface area contributed by atoms with E-state index >= 15 is 0 Å². The molecule has 4 nitrogen and oxygen atoms in total. The average Bonchev–Trinajstić information content (AvgIpc) is 2.92. The molecule has 5 heteroatoms. The van der Waals surface area contributed by atoms with E-state index in [1.807, 2.05) is 0 Å². The molecule has 2 saturated heterocycles. The number of rotatable bonds is 2. The molecule has 0 aromatic heterocycles. The molecule has 3 fully saturated rings. The van der Waals surface area contributed by atoms with E-state index in [0.29, 0.717) is 11.7 Å². The van der Waals surface area contributed by atoms with Crippen LogP contribution in [0.5, 0.6) is 0 Å². The second kappa shape index (κ2) is 5.37. The molecule has 1 saturated carbocycles. The van der Waals surface area contributed by atoms with Crippen LogP contribution in [-0.2, 0) is 9.59 Å². The zero-order chi connectivity index (χ0) is 18.0. The largest absolute Gasteiger partial charge is 0.288 e. The maximum atomic E-state index is 13.2. The van der Waals surface area contributed by atoms with Crippen LogP contribution in [0.2, 0.25) is 0 Å². The van der Waals surface area contributed by atoms with E-state index in [1.54, 1.807) is 0 Å². The fourth-order valence-electron chi connectivity index (χ4n) is 5.60. The Bertz CT molecular complexity index is 730. The summed E-state index contributed by atoms with van der Waals surface area (Å²) in [5, 5.41) is 0. The highest BCUT2D eigenvalue weighted by Gasteiger charge is 2.54. The highest BCUT2D eigenvalue weighted by molar-refractivity contribution is 6.22. The second-order valence-electron chi connectivity index (χ2n) is 9.15. The van der Waals surface area contributed by atoms with Gasteiger partial charge in [-0.3, -0.25) is 14.5 Å². The first-order chi connectivity index (χ1) is 11.7. The molecule has 2 amide bonds. The van der Waals surface area contributed by atoms with Gasteiger partial charge in [-0.25, -0.2) is 9.29 Å². The first-order valence-electron chi connectivity index (χ1n) is 9.06. The first kappa shape index (κ1) is 16.7. The Balaban J connectivity index is 1.59. The van der Waals surface area contributed by atoms with Gasteiger partial charge < -0.3 is 0 Å². The second-order valence-corrected chi connectivity index (χ2v) is 9.15. The number of anilines is 1. The van der Waals surface area contributed by atoms with E-state index < -0.39 is 0 Å². The standard InChI is InChI=1S/C20H25FN2O2/c1-19(2)9-15-10-20(3,11-19)12-22(15)16-8-17(24)23(18(16)25)14-6-4-13(21)5-7-14/h4-7,15-16H,8-12H2,1-3H3/t15-,16?,20-/m1/s1. The van der Waals surface area contributed by atoms with Crippen molar-refractivity contribution >= 4 is 17.5 Å². The van der Waals surface area contributed by atoms with Crippen LogP contribution in [0, 0.1) is 16.6 Å². The van der Waals surface area contributed by atoms with Gasteiger partial charge in [-0.2, -0.15) is 0 Å². The Kier molecular flexibility index (Phi) is 3.59. The molecule has 2 aliphatic heterocycles. The summed E-state index contributed by atoms with van der Waals surface area (Å²) >= 11 is 0. The normalized spacial score (nSPS) is 34.8. The summed E-state index contributed by atoms with van der Waals surface area (Å²) < 4.78 is 13.2. The van der Waals surface area contributed by atoms with Gasteiger partial charge in [0.2, 0.25) is 5.91 Å². The highest BCUT2D eigenvalue weighted by Crippen LogP contribution is 2.53. The predicted octanol–water partition coefficient (Wildman–Crippen LogP) is 3.36. The molecule has 1 aromatic carbocycles. The number of hydrogen-bond donors (Lipinski definition) is 0. The van der Waals surface area contributed by atoms with Crippen molar-refractivity contribution in [1.82, 2.24) is 4.90 Å². The van der Waals surface area contributed by atoms with Crippen molar-refractivity contribution in [3.8, 4) is 0 Å². The molecule has 2 bridgehead atoms. The molecule has 3 aliphatic rings. The van der Waals surface area contributed by atoms with E-state index in [2.05, 4.69) is 25.7 Å². The monoisotopic (exact) mass is 344 g/mol. The van der Waals surface area contributed by atoms with Crippen LogP contribution in [-0.4, -0.2) is 35.3 Å². The minimum absolute atomic E-state index is 0.162. The first-order valence-corrected chi connectivity index (χ1v) is 9.06. The number of nitrogens with zero attached hydrogens (tertiary/aromatic N) is 2. The Morgan fingerprint density at radius 2 is 1.76 bits per heavy atom. The predicted molar refractivity (Wildman–Crippen MR) is 93.5 cm³/mol. The van der Waals surface area contributed by atoms with Crippen molar-refractivity contribution in [3.63, 3.8) is 0 Å². The van der Waals surface area contributed by atoms with Crippen LogP contribution in [0.15, 0.2) is 24.3 Å². The van der Waals surface area contributed by atoms with Crippen molar-refractivity contribution in [2.45, 2.75) is 58.5 Å². The van der Waals surface area contributed by atoms with Gasteiger partial charge in [0.25, 0.3) is 5.91 Å². The molecule has 4 rings (SSSR count). The molecular formula is C20H25FN2O2. The molecule has 0 radical (unpaired) electrons. The zero-order valence-corrected chi connectivity index (χ0v) is 15.1. The number of halogens is 1. The molecular weight excluding hydrogens is 319 g/mol. The molecule has 2 heterocycles. The van der Waals surface area contributed by atoms with Crippen LogP contribution in [0.1, 0.15) is 46.5 Å². The van der Waals surface area contributed by atoms with Gasteiger partial charge in [0, 0.05) is 12.6 Å². The number of benzene rings is 1.